The van der Waals surface area contributed by atoms with E-state index in [0.717, 1.165) is 26.1 Å². The monoisotopic (exact) mass is 266 g/mol. The maximum atomic E-state index is 6.04. The Hall–Kier alpha value is -1.64. The van der Waals surface area contributed by atoms with Crippen LogP contribution >= 0.6 is 0 Å². The molecule has 0 saturated carbocycles. The van der Waals surface area contributed by atoms with E-state index in [1.54, 1.807) is 0 Å². The Labute approximate surface area is 121 Å². The normalized spacial score (nSPS) is 19.6. The largest absolute Gasteiger partial charge is 0.326 e. The summed E-state index contributed by atoms with van der Waals surface area (Å²) in [7, 11) is 0. The minimum atomic E-state index is 0.349. The number of hydrogen-bond acceptors (Lipinski definition) is 2. The van der Waals surface area contributed by atoms with E-state index in [-0.39, 0.29) is 0 Å². The van der Waals surface area contributed by atoms with Crippen LogP contribution in [0.2, 0.25) is 0 Å². The molecule has 1 aliphatic rings. The van der Waals surface area contributed by atoms with Gasteiger partial charge in [-0.25, -0.2) is 0 Å². The fourth-order valence-corrected chi connectivity index (χ4v) is 3.06. The van der Waals surface area contributed by atoms with Gasteiger partial charge in [-0.3, -0.25) is 0 Å². The van der Waals surface area contributed by atoms with Crippen molar-refractivity contribution in [3.8, 4) is 0 Å². The topological polar surface area (TPSA) is 29.3 Å². The number of nitrogens with zero attached hydrogens (tertiary/aromatic N) is 1. The first kappa shape index (κ1) is 13.3. The van der Waals surface area contributed by atoms with Gasteiger partial charge in [-0.1, -0.05) is 60.7 Å². The van der Waals surface area contributed by atoms with Crippen molar-refractivity contribution < 1.29 is 0 Å². The molecule has 2 aromatic rings. The molecular formula is C18H22N2. The molecule has 0 aromatic heterocycles. The molecule has 2 aromatic carbocycles. The highest BCUT2D eigenvalue weighted by Gasteiger charge is 2.23. The van der Waals surface area contributed by atoms with Crippen LogP contribution in [0.15, 0.2) is 60.7 Å². The van der Waals surface area contributed by atoms with Crippen molar-refractivity contribution >= 4 is 0 Å². The Morgan fingerprint density at radius 3 is 1.95 bits per heavy atom. The quantitative estimate of drug-likeness (QED) is 0.922. The van der Waals surface area contributed by atoms with Gasteiger partial charge in [0.2, 0.25) is 0 Å². The summed E-state index contributed by atoms with van der Waals surface area (Å²) in [5, 5.41) is 0. The first-order valence-electron chi connectivity index (χ1n) is 7.41. The van der Waals surface area contributed by atoms with Crippen molar-refractivity contribution in [2.24, 2.45) is 5.73 Å². The van der Waals surface area contributed by atoms with Crippen molar-refractivity contribution in [3.63, 3.8) is 0 Å². The number of nitrogens with two attached hydrogens (primary N) is 1. The van der Waals surface area contributed by atoms with Crippen molar-refractivity contribution in [1.29, 1.82) is 0 Å². The molecule has 1 heterocycles. The number of benzene rings is 2. The molecule has 0 spiro atoms. The molecule has 2 heteroatoms. The number of likely N-dealkylation sites (tertiary alicyclic amines) is 1. The van der Waals surface area contributed by atoms with Gasteiger partial charge in [0, 0.05) is 25.0 Å². The zero-order valence-electron chi connectivity index (χ0n) is 11.8. The molecule has 1 saturated heterocycles. The Bertz CT molecular complexity index is 484. The summed E-state index contributed by atoms with van der Waals surface area (Å²) < 4.78 is 0. The smallest absolute Gasteiger partial charge is 0.0217 e. The predicted octanol–water partition coefficient (Wildman–Crippen LogP) is 2.85. The molecule has 20 heavy (non-hydrogen) atoms. The highest BCUT2D eigenvalue weighted by molar-refractivity contribution is 5.32. The molecule has 3 rings (SSSR count). The van der Waals surface area contributed by atoms with Crippen molar-refractivity contribution in [3.05, 3.63) is 71.8 Å². The number of hydrogen-bond donors (Lipinski definition) is 1. The van der Waals surface area contributed by atoms with E-state index in [1.807, 2.05) is 0 Å². The summed E-state index contributed by atoms with van der Waals surface area (Å²) in [4.78, 5) is 2.50. The third-order valence-electron chi connectivity index (χ3n) is 4.15. The van der Waals surface area contributed by atoms with Crippen LogP contribution in [-0.2, 0) is 0 Å². The first-order valence-corrected chi connectivity index (χ1v) is 7.41. The summed E-state index contributed by atoms with van der Waals surface area (Å²) in [5.74, 6) is 0.433. The maximum absolute atomic E-state index is 6.04. The average molecular weight is 266 g/mol. The lowest BCUT2D eigenvalue weighted by molar-refractivity contribution is 0.323. The first-order chi connectivity index (χ1) is 9.83. The fourth-order valence-electron chi connectivity index (χ4n) is 3.06. The van der Waals surface area contributed by atoms with E-state index in [9.17, 15) is 0 Å². The standard InChI is InChI=1S/C18H22N2/c19-17-11-12-20(13-17)14-18(15-7-3-1-4-8-15)16-9-5-2-6-10-16/h1-10,17-18H,11-14,19H2/t17-/m0/s1. The summed E-state index contributed by atoms with van der Waals surface area (Å²) in [6.45, 7) is 3.20. The minimum Gasteiger partial charge on any atom is -0.326 e. The van der Waals surface area contributed by atoms with E-state index < -0.39 is 0 Å². The Morgan fingerprint density at radius 2 is 1.50 bits per heavy atom. The Morgan fingerprint density at radius 1 is 0.950 bits per heavy atom. The number of rotatable bonds is 4. The molecular weight excluding hydrogens is 244 g/mol. The molecule has 0 bridgehead atoms. The highest BCUT2D eigenvalue weighted by atomic mass is 15.2. The van der Waals surface area contributed by atoms with Crippen LogP contribution in [0.4, 0.5) is 0 Å². The maximum Gasteiger partial charge on any atom is 0.0217 e. The predicted molar refractivity (Wildman–Crippen MR) is 83.8 cm³/mol. The molecule has 1 fully saturated rings. The van der Waals surface area contributed by atoms with Gasteiger partial charge < -0.3 is 10.6 Å². The zero-order valence-corrected chi connectivity index (χ0v) is 11.8. The van der Waals surface area contributed by atoms with Crippen LogP contribution in [0, 0.1) is 0 Å². The second-order valence-electron chi connectivity index (χ2n) is 5.68. The van der Waals surface area contributed by atoms with Gasteiger partial charge >= 0.3 is 0 Å². The molecule has 2 N–H and O–H groups in total. The van der Waals surface area contributed by atoms with Gasteiger partial charge in [0.1, 0.15) is 0 Å². The van der Waals surface area contributed by atoms with E-state index in [4.69, 9.17) is 5.73 Å². The van der Waals surface area contributed by atoms with Crippen molar-refractivity contribution in [1.82, 2.24) is 4.90 Å². The van der Waals surface area contributed by atoms with Gasteiger partial charge in [-0.2, -0.15) is 0 Å². The van der Waals surface area contributed by atoms with E-state index in [0.29, 0.717) is 12.0 Å². The molecule has 1 atom stereocenters. The summed E-state index contributed by atoms with van der Waals surface area (Å²) >= 11 is 0. The molecule has 2 nitrogen and oxygen atoms in total. The average Bonchev–Trinajstić information content (AvgIpc) is 2.92. The van der Waals surface area contributed by atoms with Gasteiger partial charge in [0.05, 0.1) is 0 Å². The van der Waals surface area contributed by atoms with Crippen LogP contribution in [0.3, 0.4) is 0 Å². The Balaban J connectivity index is 1.84. The van der Waals surface area contributed by atoms with Crippen LogP contribution in [0.1, 0.15) is 23.5 Å². The molecule has 0 radical (unpaired) electrons. The molecule has 0 unspecified atom stereocenters. The van der Waals surface area contributed by atoms with E-state index in [2.05, 4.69) is 65.6 Å². The third-order valence-corrected chi connectivity index (χ3v) is 4.15. The molecule has 1 aliphatic heterocycles. The molecule has 104 valence electrons. The van der Waals surface area contributed by atoms with Gasteiger partial charge in [0.15, 0.2) is 0 Å². The van der Waals surface area contributed by atoms with Gasteiger partial charge in [-0.05, 0) is 24.1 Å². The second kappa shape index (κ2) is 6.21. The summed E-state index contributed by atoms with van der Waals surface area (Å²) in [6.07, 6.45) is 1.12. The zero-order chi connectivity index (χ0) is 13.8. The molecule has 0 aliphatic carbocycles. The summed E-state index contributed by atoms with van der Waals surface area (Å²) in [5.41, 5.74) is 8.81. The molecule has 0 amide bonds. The van der Waals surface area contributed by atoms with Crippen LogP contribution < -0.4 is 5.73 Å². The van der Waals surface area contributed by atoms with Crippen LogP contribution in [-0.4, -0.2) is 30.6 Å². The lowest BCUT2D eigenvalue weighted by Gasteiger charge is -2.24. The second-order valence-corrected chi connectivity index (χ2v) is 5.68. The van der Waals surface area contributed by atoms with Crippen LogP contribution in [0.5, 0.6) is 0 Å². The third kappa shape index (κ3) is 3.09. The van der Waals surface area contributed by atoms with Crippen molar-refractivity contribution in [2.45, 2.75) is 18.4 Å². The lowest BCUT2D eigenvalue weighted by atomic mass is 9.91. The fraction of sp³-hybridized carbons (Fsp3) is 0.333. The summed E-state index contributed by atoms with van der Waals surface area (Å²) in [6, 6.07) is 21.9. The minimum absolute atomic E-state index is 0.349. The van der Waals surface area contributed by atoms with E-state index >= 15 is 0 Å². The highest BCUT2D eigenvalue weighted by Crippen LogP contribution is 2.26. The van der Waals surface area contributed by atoms with E-state index in [1.165, 1.54) is 11.1 Å². The van der Waals surface area contributed by atoms with Crippen molar-refractivity contribution in [2.75, 3.05) is 19.6 Å². The lowest BCUT2D eigenvalue weighted by Crippen LogP contribution is -2.30. The Kier molecular flexibility index (Phi) is 4.14. The van der Waals surface area contributed by atoms with Gasteiger partial charge in [-0.15, -0.1) is 0 Å². The van der Waals surface area contributed by atoms with Crippen LogP contribution in [0.25, 0.3) is 0 Å². The SMILES string of the molecule is N[C@H]1CCN(CC(c2ccccc2)c2ccccc2)C1. The van der Waals surface area contributed by atoms with Gasteiger partial charge in [0.25, 0.3) is 0 Å².